The van der Waals surface area contributed by atoms with Gasteiger partial charge in [0.25, 0.3) is 10.0 Å². The molecule has 0 N–H and O–H groups in total. The molecule has 3 aromatic rings. The van der Waals surface area contributed by atoms with Gasteiger partial charge in [-0.05, 0) is 38.1 Å². The Morgan fingerprint density at radius 3 is 2.48 bits per heavy atom. The van der Waals surface area contributed by atoms with Crippen molar-refractivity contribution in [1.29, 1.82) is 5.26 Å². The Bertz CT molecular complexity index is 1010. The topological polar surface area (TPSA) is 75.8 Å². The highest BCUT2D eigenvalue weighted by molar-refractivity contribution is 7.90. The molecule has 0 unspecified atom stereocenters. The third kappa shape index (κ3) is 2.39. The molecule has 23 heavy (non-hydrogen) atoms. The van der Waals surface area contributed by atoms with Crippen molar-refractivity contribution in [2.24, 2.45) is 0 Å². The number of nitriles is 1. The number of benzene rings is 1. The van der Waals surface area contributed by atoms with Crippen LogP contribution in [-0.4, -0.2) is 17.4 Å². The molecule has 0 bridgehead atoms. The van der Waals surface area contributed by atoms with Gasteiger partial charge < -0.3 is 0 Å². The number of hydrogen-bond acceptors (Lipinski definition) is 4. The summed E-state index contributed by atoms with van der Waals surface area (Å²) in [7, 11) is -3.75. The second-order valence-corrected chi connectivity index (χ2v) is 7.58. The second kappa shape index (κ2) is 5.21. The summed E-state index contributed by atoms with van der Waals surface area (Å²) in [6.07, 6.45) is 3.10. The van der Waals surface area contributed by atoms with Gasteiger partial charge in [0.1, 0.15) is 0 Å². The lowest BCUT2D eigenvalue weighted by atomic mass is 9.87. The van der Waals surface area contributed by atoms with Crippen LogP contribution in [0.4, 0.5) is 0 Å². The van der Waals surface area contributed by atoms with E-state index in [1.54, 1.807) is 62.5 Å². The van der Waals surface area contributed by atoms with Crippen LogP contribution in [0.15, 0.2) is 59.8 Å². The number of nitrogens with zero attached hydrogens (tertiary/aromatic N) is 3. The van der Waals surface area contributed by atoms with Crippen molar-refractivity contribution in [3.63, 3.8) is 0 Å². The van der Waals surface area contributed by atoms with E-state index in [2.05, 4.69) is 11.1 Å². The van der Waals surface area contributed by atoms with Crippen LogP contribution in [0.5, 0.6) is 0 Å². The average molecular weight is 325 g/mol. The molecular weight excluding hydrogens is 310 g/mol. The van der Waals surface area contributed by atoms with Gasteiger partial charge in [-0.3, -0.25) is 4.98 Å². The molecule has 0 aliphatic carbocycles. The summed E-state index contributed by atoms with van der Waals surface area (Å²) in [5.74, 6) is 0. The fourth-order valence-electron chi connectivity index (χ4n) is 2.45. The van der Waals surface area contributed by atoms with Gasteiger partial charge in [0.15, 0.2) is 0 Å². The van der Waals surface area contributed by atoms with Gasteiger partial charge >= 0.3 is 0 Å². The molecule has 2 aromatic heterocycles. The van der Waals surface area contributed by atoms with Gasteiger partial charge in [-0.15, -0.1) is 0 Å². The van der Waals surface area contributed by atoms with Gasteiger partial charge in [-0.25, -0.2) is 12.4 Å². The maximum absolute atomic E-state index is 12.9. The van der Waals surface area contributed by atoms with Gasteiger partial charge in [0.05, 0.1) is 27.4 Å². The molecule has 0 aliphatic heterocycles. The maximum atomic E-state index is 12.9. The maximum Gasteiger partial charge on any atom is 0.268 e. The largest absolute Gasteiger partial charge is 0.268 e. The molecule has 1 aromatic carbocycles. The molecule has 6 heteroatoms. The van der Waals surface area contributed by atoms with Crippen LogP contribution in [0.25, 0.3) is 11.0 Å². The summed E-state index contributed by atoms with van der Waals surface area (Å²) in [6, 6.07) is 13.8. The van der Waals surface area contributed by atoms with E-state index >= 15 is 0 Å². The molecule has 0 spiro atoms. The number of pyridine rings is 1. The van der Waals surface area contributed by atoms with Crippen molar-refractivity contribution >= 4 is 21.1 Å². The lowest BCUT2D eigenvalue weighted by Crippen LogP contribution is -2.15. The van der Waals surface area contributed by atoms with E-state index < -0.39 is 15.4 Å². The molecule has 3 rings (SSSR count). The van der Waals surface area contributed by atoms with Gasteiger partial charge in [-0.2, -0.15) is 5.26 Å². The molecule has 0 saturated heterocycles. The summed E-state index contributed by atoms with van der Waals surface area (Å²) < 4.78 is 27.1. The van der Waals surface area contributed by atoms with E-state index in [-0.39, 0.29) is 4.90 Å². The van der Waals surface area contributed by atoms with Crippen LogP contribution in [0.3, 0.4) is 0 Å². The quantitative estimate of drug-likeness (QED) is 0.741. The Balaban J connectivity index is 2.35. The predicted octanol–water partition coefficient (Wildman–Crippen LogP) is 3.07. The van der Waals surface area contributed by atoms with Crippen molar-refractivity contribution in [1.82, 2.24) is 8.96 Å². The first-order valence-corrected chi connectivity index (χ1v) is 8.50. The highest BCUT2D eigenvalue weighted by Crippen LogP contribution is 2.32. The number of fused-ring (bicyclic) bond motifs is 1. The minimum atomic E-state index is -3.75. The van der Waals surface area contributed by atoms with Crippen molar-refractivity contribution in [3.8, 4) is 6.07 Å². The Hall–Kier alpha value is -2.65. The van der Waals surface area contributed by atoms with Crippen molar-refractivity contribution in [3.05, 3.63) is 60.4 Å². The van der Waals surface area contributed by atoms with Gasteiger partial charge in [-0.1, -0.05) is 18.2 Å². The monoisotopic (exact) mass is 325 g/mol. The summed E-state index contributed by atoms with van der Waals surface area (Å²) >= 11 is 0. The van der Waals surface area contributed by atoms with E-state index in [0.717, 1.165) is 0 Å². The Labute approximate surface area is 134 Å². The Morgan fingerprint density at radius 2 is 1.83 bits per heavy atom. The Kier molecular flexibility index (Phi) is 3.46. The van der Waals surface area contributed by atoms with Crippen LogP contribution in [-0.2, 0) is 15.4 Å². The number of rotatable bonds is 3. The first-order chi connectivity index (χ1) is 10.9. The zero-order chi connectivity index (χ0) is 16.7. The highest BCUT2D eigenvalue weighted by atomic mass is 32.2. The molecule has 0 aliphatic rings. The zero-order valence-electron chi connectivity index (χ0n) is 12.8. The molecule has 2 heterocycles. The second-order valence-electron chi connectivity index (χ2n) is 5.76. The minimum Gasteiger partial charge on any atom is -0.254 e. The average Bonchev–Trinajstić information content (AvgIpc) is 2.97. The van der Waals surface area contributed by atoms with E-state index in [1.165, 1.54) is 10.2 Å². The standard InChI is InChI=1S/C17H15N3O2S/c1-17(2,12-18)14-11-20(15-9-6-10-19-16(14)15)23(21,22)13-7-4-3-5-8-13/h3-11H,1-2H3. The Morgan fingerprint density at radius 1 is 1.13 bits per heavy atom. The third-order valence-electron chi connectivity index (χ3n) is 3.78. The predicted molar refractivity (Wildman–Crippen MR) is 87.4 cm³/mol. The van der Waals surface area contributed by atoms with E-state index in [1.807, 2.05) is 0 Å². The molecule has 0 saturated carbocycles. The van der Waals surface area contributed by atoms with Crippen molar-refractivity contribution in [2.75, 3.05) is 0 Å². The molecule has 116 valence electrons. The van der Waals surface area contributed by atoms with Crippen LogP contribution in [0.2, 0.25) is 0 Å². The third-order valence-corrected chi connectivity index (χ3v) is 5.47. The number of aromatic nitrogens is 2. The number of hydrogen-bond donors (Lipinski definition) is 0. The van der Waals surface area contributed by atoms with E-state index in [9.17, 15) is 13.7 Å². The zero-order valence-corrected chi connectivity index (χ0v) is 13.6. The SMILES string of the molecule is CC(C)(C#N)c1cn(S(=O)(=O)c2ccccc2)c2cccnc12. The fraction of sp³-hybridized carbons (Fsp3) is 0.176. The van der Waals surface area contributed by atoms with Crippen molar-refractivity contribution < 1.29 is 8.42 Å². The molecule has 0 amide bonds. The minimum absolute atomic E-state index is 0.196. The smallest absolute Gasteiger partial charge is 0.254 e. The van der Waals surface area contributed by atoms with Crippen LogP contribution >= 0.6 is 0 Å². The first kappa shape index (κ1) is 15.3. The van der Waals surface area contributed by atoms with Crippen LogP contribution in [0.1, 0.15) is 19.4 Å². The molecule has 0 fully saturated rings. The lowest BCUT2D eigenvalue weighted by Gasteiger charge is -2.13. The van der Waals surface area contributed by atoms with Gasteiger partial charge in [0.2, 0.25) is 0 Å². The molecular formula is C17H15N3O2S. The molecule has 5 nitrogen and oxygen atoms in total. The van der Waals surface area contributed by atoms with Crippen LogP contribution in [0, 0.1) is 11.3 Å². The summed E-state index contributed by atoms with van der Waals surface area (Å²) in [5.41, 5.74) is 0.743. The molecule has 0 radical (unpaired) electrons. The molecule has 0 atom stereocenters. The normalized spacial score (nSPS) is 12.2. The van der Waals surface area contributed by atoms with E-state index in [4.69, 9.17) is 0 Å². The summed E-state index contributed by atoms with van der Waals surface area (Å²) in [6.45, 7) is 3.49. The van der Waals surface area contributed by atoms with Crippen LogP contribution < -0.4 is 0 Å². The van der Waals surface area contributed by atoms with Crippen molar-refractivity contribution in [2.45, 2.75) is 24.2 Å². The van der Waals surface area contributed by atoms with E-state index in [0.29, 0.717) is 16.6 Å². The van der Waals surface area contributed by atoms with Gasteiger partial charge in [0, 0.05) is 18.0 Å². The lowest BCUT2D eigenvalue weighted by molar-refractivity contribution is 0.588. The summed E-state index contributed by atoms with van der Waals surface area (Å²) in [5, 5.41) is 9.40. The summed E-state index contributed by atoms with van der Waals surface area (Å²) in [4.78, 5) is 4.48. The highest BCUT2D eigenvalue weighted by Gasteiger charge is 2.29. The fourth-order valence-corrected chi connectivity index (χ4v) is 3.83. The first-order valence-electron chi connectivity index (χ1n) is 7.06.